The molecule has 2 aromatic carbocycles. The molecular formula is C19H16N4. The fourth-order valence-corrected chi connectivity index (χ4v) is 2.77. The Bertz CT molecular complexity index is 842. The summed E-state index contributed by atoms with van der Waals surface area (Å²) in [7, 11) is 0. The van der Waals surface area contributed by atoms with E-state index in [-0.39, 0.29) is 0 Å². The first kappa shape index (κ1) is 13.6. The van der Waals surface area contributed by atoms with E-state index >= 15 is 0 Å². The minimum atomic E-state index is 0.854. The summed E-state index contributed by atoms with van der Waals surface area (Å²) < 4.78 is 0. The molecule has 0 amide bonds. The average Bonchev–Trinajstić information content (AvgIpc) is 2.85. The molecule has 0 saturated heterocycles. The first-order valence-electron chi connectivity index (χ1n) is 7.68. The molecule has 0 radical (unpaired) electrons. The fourth-order valence-electron chi connectivity index (χ4n) is 2.77. The van der Waals surface area contributed by atoms with Crippen LogP contribution >= 0.6 is 0 Å². The number of fused-ring (bicyclic) bond motifs is 1. The van der Waals surface area contributed by atoms with Gasteiger partial charge in [0, 0.05) is 18.5 Å². The highest BCUT2D eigenvalue weighted by molar-refractivity contribution is 6.03. The van der Waals surface area contributed by atoms with Gasteiger partial charge in [0.15, 0.2) is 0 Å². The fraction of sp³-hybridized carbons (Fsp3) is 0.105. The van der Waals surface area contributed by atoms with Crippen molar-refractivity contribution in [2.75, 3.05) is 11.9 Å². The van der Waals surface area contributed by atoms with Crippen molar-refractivity contribution in [2.45, 2.75) is 6.42 Å². The van der Waals surface area contributed by atoms with Crippen molar-refractivity contribution >= 4 is 17.1 Å². The third-order valence-corrected chi connectivity index (χ3v) is 3.95. The van der Waals surface area contributed by atoms with Crippen LogP contribution in [0.4, 0.5) is 11.4 Å². The second-order valence-electron chi connectivity index (χ2n) is 5.46. The van der Waals surface area contributed by atoms with Gasteiger partial charge < -0.3 is 5.32 Å². The normalized spacial score (nSPS) is 13.5. The van der Waals surface area contributed by atoms with Crippen LogP contribution in [-0.4, -0.2) is 22.5 Å². The largest absolute Gasteiger partial charge is 0.383 e. The Labute approximate surface area is 134 Å². The van der Waals surface area contributed by atoms with Crippen LogP contribution in [0.5, 0.6) is 0 Å². The Morgan fingerprint density at radius 2 is 1.74 bits per heavy atom. The highest BCUT2D eigenvalue weighted by Gasteiger charge is 2.12. The van der Waals surface area contributed by atoms with Crippen LogP contribution in [0.2, 0.25) is 0 Å². The van der Waals surface area contributed by atoms with Gasteiger partial charge in [-0.3, -0.25) is 4.99 Å². The van der Waals surface area contributed by atoms with Gasteiger partial charge in [-0.1, -0.05) is 36.4 Å². The number of anilines is 1. The molecule has 1 aliphatic heterocycles. The lowest BCUT2D eigenvalue weighted by molar-refractivity contribution is 1.02. The van der Waals surface area contributed by atoms with E-state index in [1.807, 2.05) is 12.1 Å². The predicted octanol–water partition coefficient (Wildman–Crippen LogP) is 4.08. The number of hydrogen-bond donors (Lipinski definition) is 1. The summed E-state index contributed by atoms with van der Waals surface area (Å²) in [6.45, 7) is 0.854. The van der Waals surface area contributed by atoms with Crippen molar-refractivity contribution < 1.29 is 0 Å². The lowest BCUT2D eigenvalue weighted by Crippen LogP contribution is -2.07. The predicted molar refractivity (Wildman–Crippen MR) is 93.2 cm³/mol. The number of aliphatic imine (C=N–C) groups is 1. The Morgan fingerprint density at radius 1 is 0.826 bits per heavy atom. The van der Waals surface area contributed by atoms with Gasteiger partial charge in [-0.25, -0.2) is 0 Å². The zero-order chi connectivity index (χ0) is 15.5. The maximum absolute atomic E-state index is 4.83. The Hall–Kier alpha value is -3.01. The summed E-state index contributed by atoms with van der Waals surface area (Å²) in [5, 5.41) is 11.3. The summed E-state index contributed by atoms with van der Waals surface area (Å²) in [6, 6.07) is 18.7. The number of hydrogen-bond acceptors (Lipinski definition) is 4. The molecule has 0 unspecified atom stereocenters. The average molecular weight is 300 g/mol. The van der Waals surface area contributed by atoms with Crippen molar-refractivity contribution in [1.29, 1.82) is 0 Å². The quantitative estimate of drug-likeness (QED) is 0.776. The second kappa shape index (κ2) is 6.01. The maximum Gasteiger partial charge on any atom is 0.0864 e. The molecule has 0 aliphatic carbocycles. The van der Waals surface area contributed by atoms with E-state index in [1.165, 1.54) is 11.1 Å². The van der Waals surface area contributed by atoms with E-state index < -0.39 is 0 Å². The van der Waals surface area contributed by atoms with Crippen molar-refractivity contribution in [3.63, 3.8) is 0 Å². The third-order valence-electron chi connectivity index (χ3n) is 3.95. The van der Waals surface area contributed by atoms with Crippen LogP contribution in [0.3, 0.4) is 0 Å². The molecular weight excluding hydrogens is 284 g/mol. The van der Waals surface area contributed by atoms with E-state index in [4.69, 9.17) is 4.99 Å². The molecule has 0 atom stereocenters. The van der Waals surface area contributed by atoms with Crippen LogP contribution in [-0.2, 0) is 0 Å². The van der Waals surface area contributed by atoms with Gasteiger partial charge in [-0.2, -0.15) is 10.2 Å². The Balaban J connectivity index is 1.74. The number of rotatable bonds is 2. The van der Waals surface area contributed by atoms with Crippen LogP contribution in [0.1, 0.15) is 12.0 Å². The molecule has 1 aromatic heterocycles. The van der Waals surface area contributed by atoms with Gasteiger partial charge in [0.25, 0.3) is 0 Å². The molecule has 0 saturated carbocycles. The highest BCUT2D eigenvalue weighted by atomic mass is 15.1. The number of nitrogens with zero attached hydrogens (tertiary/aromatic N) is 3. The standard InChI is InChI=1S/C19H16N4/c1-2-4-14(5-3-1)15-6-7-18-19(12-15)20-10-9-17(23-18)16-8-11-21-22-13-16/h1-8,11-13,20H,9-10H2. The molecule has 2 heterocycles. The van der Waals surface area contributed by atoms with Crippen molar-refractivity contribution in [3.8, 4) is 11.1 Å². The number of benzene rings is 2. The molecule has 23 heavy (non-hydrogen) atoms. The first-order chi connectivity index (χ1) is 11.4. The van der Waals surface area contributed by atoms with Crippen molar-refractivity contribution in [3.05, 3.63) is 72.6 Å². The molecule has 1 N–H and O–H groups in total. The van der Waals surface area contributed by atoms with E-state index in [9.17, 15) is 0 Å². The molecule has 3 aromatic rings. The van der Waals surface area contributed by atoms with Crippen LogP contribution in [0, 0.1) is 0 Å². The van der Waals surface area contributed by atoms with E-state index in [1.54, 1.807) is 12.4 Å². The van der Waals surface area contributed by atoms with Crippen molar-refractivity contribution in [1.82, 2.24) is 10.2 Å². The summed E-state index contributed by atoms with van der Waals surface area (Å²) in [4.78, 5) is 4.83. The minimum absolute atomic E-state index is 0.854. The molecule has 4 rings (SSSR count). The SMILES string of the molecule is c1ccc(-c2ccc3c(c2)NCCC(c2ccnnc2)=N3)cc1. The second-order valence-corrected chi connectivity index (χ2v) is 5.46. The monoisotopic (exact) mass is 300 g/mol. The number of aromatic nitrogens is 2. The van der Waals surface area contributed by atoms with E-state index in [0.717, 1.165) is 35.6 Å². The van der Waals surface area contributed by atoms with Crippen molar-refractivity contribution in [2.24, 2.45) is 4.99 Å². The Morgan fingerprint density at radius 3 is 2.57 bits per heavy atom. The van der Waals surface area contributed by atoms with Gasteiger partial charge in [0.1, 0.15) is 0 Å². The maximum atomic E-state index is 4.83. The molecule has 0 spiro atoms. The van der Waals surface area contributed by atoms with Gasteiger partial charge in [-0.05, 0) is 29.3 Å². The van der Waals surface area contributed by atoms with Gasteiger partial charge in [0.2, 0.25) is 0 Å². The summed E-state index contributed by atoms with van der Waals surface area (Å²) >= 11 is 0. The highest BCUT2D eigenvalue weighted by Crippen LogP contribution is 2.33. The molecule has 0 fully saturated rings. The Kier molecular flexibility index (Phi) is 3.56. The zero-order valence-corrected chi connectivity index (χ0v) is 12.6. The molecule has 4 heteroatoms. The van der Waals surface area contributed by atoms with Gasteiger partial charge in [-0.15, -0.1) is 0 Å². The van der Waals surface area contributed by atoms with E-state index in [2.05, 4.69) is 58.0 Å². The molecule has 4 nitrogen and oxygen atoms in total. The van der Waals surface area contributed by atoms with Crippen LogP contribution < -0.4 is 5.32 Å². The summed E-state index contributed by atoms with van der Waals surface area (Å²) in [6.07, 6.45) is 4.33. The van der Waals surface area contributed by atoms with Crippen LogP contribution in [0.15, 0.2) is 72.0 Å². The van der Waals surface area contributed by atoms with E-state index in [0.29, 0.717) is 0 Å². The number of nitrogens with one attached hydrogen (secondary N) is 1. The topological polar surface area (TPSA) is 50.2 Å². The van der Waals surface area contributed by atoms with Gasteiger partial charge in [0.05, 0.1) is 29.5 Å². The third kappa shape index (κ3) is 2.83. The smallest absolute Gasteiger partial charge is 0.0864 e. The summed E-state index contributed by atoms with van der Waals surface area (Å²) in [5.41, 5.74) is 6.52. The summed E-state index contributed by atoms with van der Waals surface area (Å²) in [5.74, 6) is 0. The van der Waals surface area contributed by atoms with Crippen LogP contribution in [0.25, 0.3) is 11.1 Å². The molecule has 0 bridgehead atoms. The minimum Gasteiger partial charge on any atom is -0.383 e. The lowest BCUT2D eigenvalue weighted by Gasteiger charge is -2.08. The zero-order valence-electron chi connectivity index (χ0n) is 12.6. The molecule has 1 aliphatic rings. The lowest BCUT2D eigenvalue weighted by atomic mass is 10.0. The molecule has 112 valence electrons. The van der Waals surface area contributed by atoms with Gasteiger partial charge >= 0.3 is 0 Å². The first-order valence-corrected chi connectivity index (χ1v) is 7.68.